The van der Waals surface area contributed by atoms with Gasteiger partial charge in [0.15, 0.2) is 0 Å². The van der Waals surface area contributed by atoms with Crippen LogP contribution in [0.25, 0.3) is 0 Å². The maximum atomic E-state index is 12.6. The molecule has 2 rings (SSSR count). The summed E-state index contributed by atoms with van der Waals surface area (Å²) in [4.78, 5) is 0. The molecule has 1 nitrogen and oxygen atoms in total. The van der Waals surface area contributed by atoms with E-state index in [-0.39, 0.29) is 24.7 Å². The van der Waals surface area contributed by atoms with Gasteiger partial charge in [0.1, 0.15) is 0 Å². The lowest BCUT2D eigenvalue weighted by atomic mass is 9.93. The van der Waals surface area contributed by atoms with Crippen molar-refractivity contribution in [3.8, 4) is 0 Å². The van der Waals surface area contributed by atoms with Crippen LogP contribution in [-0.4, -0.2) is 19.0 Å². The average Bonchev–Trinajstić information content (AvgIpc) is 2.62. The SMILES string of the molecule is Cl.FC1(F)CC1C1CCNCC1. The second-order valence-corrected chi connectivity index (χ2v) is 3.66. The Labute approximate surface area is 77.3 Å². The summed E-state index contributed by atoms with van der Waals surface area (Å²) in [6.07, 6.45) is 2.04. The third-order valence-corrected chi connectivity index (χ3v) is 2.83. The van der Waals surface area contributed by atoms with E-state index < -0.39 is 5.92 Å². The van der Waals surface area contributed by atoms with Crippen LogP contribution in [0.2, 0.25) is 0 Å². The minimum absolute atomic E-state index is 0. The molecule has 1 N–H and O–H groups in total. The van der Waals surface area contributed by atoms with Crippen LogP contribution in [0.5, 0.6) is 0 Å². The summed E-state index contributed by atoms with van der Waals surface area (Å²) in [5.74, 6) is -2.28. The maximum Gasteiger partial charge on any atom is 0.251 e. The second-order valence-electron chi connectivity index (χ2n) is 3.66. The van der Waals surface area contributed by atoms with Crippen LogP contribution < -0.4 is 5.32 Å². The Morgan fingerprint density at radius 2 is 1.67 bits per heavy atom. The molecule has 1 aliphatic heterocycles. The summed E-state index contributed by atoms with van der Waals surface area (Å²) in [7, 11) is 0. The smallest absolute Gasteiger partial charge is 0.251 e. The van der Waals surface area contributed by atoms with Crippen molar-refractivity contribution in [1.29, 1.82) is 0 Å². The molecule has 0 bridgehead atoms. The molecule has 1 aliphatic carbocycles. The zero-order valence-electron chi connectivity index (χ0n) is 6.85. The third kappa shape index (κ3) is 1.88. The van der Waals surface area contributed by atoms with Crippen molar-refractivity contribution < 1.29 is 8.78 Å². The fraction of sp³-hybridized carbons (Fsp3) is 1.00. The van der Waals surface area contributed by atoms with Gasteiger partial charge in [-0.3, -0.25) is 0 Å². The fourth-order valence-electron chi connectivity index (χ4n) is 1.99. The van der Waals surface area contributed by atoms with Crippen molar-refractivity contribution in [2.75, 3.05) is 13.1 Å². The molecule has 1 atom stereocenters. The normalized spacial score (nSPS) is 34.0. The molecule has 1 saturated heterocycles. The first-order chi connectivity index (χ1) is 5.20. The Kier molecular flexibility index (Phi) is 2.94. The van der Waals surface area contributed by atoms with Crippen molar-refractivity contribution in [3.05, 3.63) is 0 Å². The van der Waals surface area contributed by atoms with Crippen LogP contribution >= 0.6 is 12.4 Å². The summed E-state index contributed by atoms with van der Waals surface area (Å²) in [5, 5.41) is 3.18. The van der Waals surface area contributed by atoms with E-state index in [1.54, 1.807) is 0 Å². The van der Waals surface area contributed by atoms with Gasteiger partial charge >= 0.3 is 0 Å². The van der Waals surface area contributed by atoms with Crippen molar-refractivity contribution in [3.63, 3.8) is 0 Å². The molecule has 2 fully saturated rings. The fourth-order valence-corrected chi connectivity index (χ4v) is 1.99. The van der Waals surface area contributed by atoms with Gasteiger partial charge in [-0.05, 0) is 31.8 Å². The van der Waals surface area contributed by atoms with E-state index in [9.17, 15) is 8.78 Å². The van der Waals surface area contributed by atoms with Crippen molar-refractivity contribution in [1.82, 2.24) is 5.32 Å². The minimum atomic E-state index is -2.30. The number of alkyl halides is 2. The van der Waals surface area contributed by atoms with Gasteiger partial charge in [0.25, 0.3) is 5.92 Å². The predicted octanol–water partition coefficient (Wildman–Crippen LogP) is 2.06. The van der Waals surface area contributed by atoms with Crippen LogP contribution in [0.1, 0.15) is 19.3 Å². The van der Waals surface area contributed by atoms with E-state index in [0.29, 0.717) is 5.92 Å². The highest BCUT2D eigenvalue weighted by Crippen LogP contribution is 2.54. The monoisotopic (exact) mass is 197 g/mol. The molecular weight excluding hydrogens is 184 g/mol. The third-order valence-electron chi connectivity index (χ3n) is 2.83. The maximum absolute atomic E-state index is 12.6. The molecule has 1 unspecified atom stereocenters. The van der Waals surface area contributed by atoms with Gasteiger partial charge in [0, 0.05) is 12.3 Å². The zero-order chi connectivity index (χ0) is 7.90. The zero-order valence-corrected chi connectivity index (χ0v) is 7.67. The van der Waals surface area contributed by atoms with Gasteiger partial charge in [0.2, 0.25) is 0 Å². The highest BCUT2D eigenvalue weighted by Gasteiger charge is 2.59. The Hall–Kier alpha value is 0.110. The Bertz CT molecular complexity index is 157. The number of rotatable bonds is 1. The average molecular weight is 198 g/mol. The molecule has 0 radical (unpaired) electrons. The molecule has 0 amide bonds. The number of hydrogen-bond donors (Lipinski definition) is 1. The minimum Gasteiger partial charge on any atom is -0.317 e. The van der Waals surface area contributed by atoms with E-state index in [2.05, 4.69) is 5.32 Å². The van der Waals surface area contributed by atoms with E-state index in [1.165, 1.54) is 0 Å². The van der Waals surface area contributed by atoms with Crippen molar-refractivity contribution in [2.24, 2.45) is 11.8 Å². The first-order valence-electron chi connectivity index (χ1n) is 4.29. The highest BCUT2D eigenvalue weighted by atomic mass is 35.5. The molecular formula is C8H14ClF2N. The molecule has 4 heteroatoms. The topological polar surface area (TPSA) is 12.0 Å². The summed E-state index contributed by atoms with van der Waals surface area (Å²) < 4.78 is 25.1. The molecule has 72 valence electrons. The van der Waals surface area contributed by atoms with Gasteiger partial charge in [-0.1, -0.05) is 0 Å². The van der Waals surface area contributed by atoms with Crippen LogP contribution in [-0.2, 0) is 0 Å². The number of halogens is 3. The molecule has 0 aromatic rings. The lowest BCUT2D eigenvalue weighted by Crippen LogP contribution is -2.29. The Balaban J connectivity index is 0.000000720. The Morgan fingerprint density at radius 1 is 1.17 bits per heavy atom. The Morgan fingerprint density at radius 3 is 2.08 bits per heavy atom. The summed E-state index contributed by atoms with van der Waals surface area (Å²) in [6.45, 7) is 1.86. The standard InChI is InChI=1S/C8H13F2N.ClH/c9-8(10)5-7(8)6-1-3-11-4-2-6;/h6-7,11H,1-5H2;1H. The first-order valence-corrected chi connectivity index (χ1v) is 4.29. The van der Waals surface area contributed by atoms with Gasteiger partial charge < -0.3 is 5.32 Å². The van der Waals surface area contributed by atoms with Crippen LogP contribution in [0.4, 0.5) is 8.78 Å². The van der Waals surface area contributed by atoms with Gasteiger partial charge in [-0.2, -0.15) is 0 Å². The summed E-state index contributed by atoms with van der Waals surface area (Å²) in [6, 6.07) is 0. The van der Waals surface area contributed by atoms with E-state index in [1.807, 2.05) is 0 Å². The van der Waals surface area contributed by atoms with Gasteiger partial charge in [-0.25, -0.2) is 8.78 Å². The van der Waals surface area contributed by atoms with Crippen LogP contribution in [0.15, 0.2) is 0 Å². The quantitative estimate of drug-likeness (QED) is 0.679. The number of piperidine rings is 1. The molecule has 1 heterocycles. The highest BCUT2D eigenvalue weighted by molar-refractivity contribution is 5.85. The van der Waals surface area contributed by atoms with Gasteiger partial charge in [0.05, 0.1) is 0 Å². The lowest BCUT2D eigenvalue weighted by molar-refractivity contribution is 0.0794. The van der Waals surface area contributed by atoms with Crippen LogP contribution in [0.3, 0.4) is 0 Å². The molecule has 12 heavy (non-hydrogen) atoms. The number of nitrogens with one attached hydrogen (secondary N) is 1. The molecule has 2 aliphatic rings. The molecule has 0 aromatic heterocycles. The van der Waals surface area contributed by atoms with Gasteiger partial charge in [-0.15, -0.1) is 12.4 Å². The summed E-state index contributed by atoms with van der Waals surface area (Å²) >= 11 is 0. The second kappa shape index (κ2) is 3.46. The van der Waals surface area contributed by atoms with Crippen molar-refractivity contribution in [2.45, 2.75) is 25.2 Å². The molecule has 0 aromatic carbocycles. The first kappa shape index (κ1) is 10.2. The largest absolute Gasteiger partial charge is 0.317 e. The molecule has 0 spiro atoms. The number of hydrogen-bond acceptors (Lipinski definition) is 1. The predicted molar refractivity (Wildman–Crippen MR) is 45.9 cm³/mol. The lowest BCUT2D eigenvalue weighted by Gasteiger charge is -2.21. The van der Waals surface area contributed by atoms with Crippen LogP contribution in [0, 0.1) is 11.8 Å². The van der Waals surface area contributed by atoms with E-state index in [4.69, 9.17) is 0 Å². The van der Waals surface area contributed by atoms with Crippen molar-refractivity contribution >= 4 is 12.4 Å². The van der Waals surface area contributed by atoms with E-state index >= 15 is 0 Å². The molecule has 1 saturated carbocycles. The van der Waals surface area contributed by atoms with E-state index in [0.717, 1.165) is 25.9 Å². The summed E-state index contributed by atoms with van der Waals surface area (Å²) in [5.41, 5.74) is 0.